The summed E-state index contributed by atoms with van der Waals surface area (Å²) in [5, 5.41) is 5.60. The number of sulfonamides is 1. The molecule has 2 atom stereocenters. The summed E-state index contributed by atoms with van der Waals surface area (Å²) in [5.41, 5.74) is -0.714. The third kappa shape index (κ3) is 2.77. The minimum absolute atomic E-state index is 0.0212. The highest BCUT2D eigenvalue weighted by Crippen LogP contribution is 2.57. The highest BCUT2D eigenvalue weighted by Gasteiger charge is 2.59. The van der Waals surface area contributed by atoms with Crippen molar-refractivity contribution in [2.75, 3.05) is 12.8 Å². The Bertz CT molecular complexity index is 1080. The normalized spacial score (nSPS) is 38.7. The lowest BCUT2D eigenvalue weighted by molar-refractivity contribution is -0.0656. The number of nitrogens with zero attached hydrogens (tertiary/aromatic N) is 1. The number of benzene rings is 1. The number of fused-ring (bicyclic) bond motifs is 1. The van der Waals surface area contributed by atoms with Gasteiger partial charge in [-0.25, -0.2) is 17.9 Å². The summed E-state index contributed by atoms with van der Waals surface area (Å²) < 4.78 is 27.0. The molecule has 1 spiro atoms. The molecule has 6 nitrogen and oxygen atoms in total. The van der Waals surface area contributed by atoms with Crippen LogP contribution in [-0.4, -0.2) is 49.3 Å². The average Bonchev–Trinajstić information content (AvgIpc) is 3.10. The van der Waals surface area contributed by atoms with E-state index in [4.69, 9.17) is 0 Å². The summed E-state index contributed by atoms with van der Waals surface area (Å²) in [7, 11) is -3.24. The molecule has 5 fully saturated rings. The quantitative estimate of drug-likeness (QED) is 0.759. The van der Waals surface area contributed by atoms with E-state index in [1.54, 1.807) is 0 Å². The van der Waals surface area contributed by atoms with Crippen molar-refractivity contribution in [3.8, 4) is 0 Å². The maximum absolute atomic E-state index is 13.1. The molecule has 2 N–H and O–H groups in total. The smallest absolute Gasteiger partial charge is 0.318 e. The van der Waals surface area contributed by atoms with Crippen LogP contribution in [0.25, 0.3) is 12.2 Å². The van der Waals surface area contributed by atoms with Gasteiger partial charge in [-0.3, -0.25) is 0 Å². The van der Waals surface area contributed by atoms with Crippen LogP contribution in [0.4, 0.5) is 4.79 Å². The van der Waals surface area contributed by atoms with E-state index in [1.807, 2.05) is 12.1 Å². The highest BCUT2D eigenvalue weighted by molar-refractivity contribution is 7.88. The number of rotatable bonds is 3. The minimum Gasteiger partial charge on any atom is -0.324 e. The first-order valence-electron chi connectivity index (χ1n) is 10.6. The highest BCUT2D eigenvalue weighted by atomic mass is 32.2. The Balaban J connectivity index is 1.30. The standard InChI is InChI=1S/C22H27N3O3S/c1-29(27,28)24-21-8-14-6-17(11-21)19(18(7-14)12-21)25-13-22(23-20(25)26)9-15-4-2-3-5-16(15)10-22/h2-5,9-10,14,17-19,24H,6-8,11-13H2,1H3,(H,23,26). The van der Waals surface area contributed by atoms with Gasteiger partial charge in [0.15, 0.2) is 0 Å². The zero-order valence-electron chi connectivity index (χ0n) is 16.6. The van der Waals surface area contributed by atoms with Crippen LogP contribution in [0.2, 0.25) is 0 Å². The van der Waals surface area contributed by atoms with Crippen LogP contribution in [0.1, 0.15) is 32.1 Å². The molecule has 6 aliphatic rings. The first-order valence-corrected chi connectivity index (χ1v) is 12.5. The molecule has 0 radical (unpaired) electrons. The predicted molar refractivity (Wildman–Crippen MR) is 111 cm³/mol. The van der Waals surface area contributed by atoms with Crippen LogP contribution < -0.4 is 20.5 Å². The Kier molecular flexibility index (Phi) is 3.49. The Morgan fingerprint density at radius 3 is 2.28 bits per heavy atom. The maximum Gasteiger partial charge on any atom is 0.318 e. The third-order valence-electron chi connectivity index (χ3n) is 7.84. The number of nitrogens with one attached hydrogen (secondary N) is 2. The van der Waals surface area contributed by atoms with Crippen LogP contribution in [-0.2, 0) is 10.0 Å². The van der Waals surface area contributed by atoms with Gasteiger partial charge in [0, 0.05) is 11.6 Å². The van der Waals surface area contributed by atoms with E-state index >= 15 is 0 Å². The fourth-order valence-electron chi connectivity index (χ4n) is 7.46. The van der Waals surface area contributed by atoms with Crippen molar-refractivity contribution in [1.82, 2.24) is 14.9 Å². The molecule has 7 heteroatoms. The Hall–Kier alpha value is -1.86. The summed E-state index contributed by atoms with van der Waals surface area (Å²) in [6.45, 7) is 0.662. The van der Waals surface area contributed by atoms with E-state index in [0.717, 1.165) is 32.1 Å². The van der Waals surface area contributed by atoms with Crippen molar-refractivity contribution >= 4 is 28.2 Å². The van der Waals surface area contributed by atoms with Gasteiger partial charge in [-0.1, -0.05) is 24.3 Å². The number of urea groups is 1. The molecule has 154 valence electrons. The van der Waals surface area contributed by atoms with Crippen molar-refractivity contribution in [1.29, 1.82) is 0 Å². The molecule has 1 heterocycles. The van der Waals surface area contributed by atoms with Gasteiger partial charge >= 0.3 is 6.03 Å². The lowest BCUT2D eigenvalue weighted by Crippen LogP contribution is -2.66. The summed E-state index contributed by atoms with van der Waals surface area (Å²) in [6.07, 6.45) is 10.5. The molecule has 2 unspecified atom stereocenters. The topological polar surface area (TPSA) is 78.5 Å². The Morgan fingerprint density at radius 1 is 1.07 bits per heavy atom. The number of hydrogen-bond acceptors (Lipinski definition) is 3. The number of carbonyl (C=O) groups excluding carboxylic acids is 1. The number of amides is 2. The van der Waals surface area contributed by atoms with Crippen LogP contribution >= 0.6 is 0 Å². The molecule has 0 aromatic heterocycles. The molecule has 1 saturated heterocycles. The first-order chi connectivity index (χ1) is 13.7. The molecule has 7 rings (SSSR count). The summed E-state index contributed by atoms with van der Waals surface area (Å²) in [4.78, 5) is 15.2. The van der Waals surface area contributed by atoms with Gasteiger partial charge in [-0.2, -0.15) is 0 Å². The summed E-state index contributed by atoms with van der Waals surface area (Å²) in [6, 6.07) is 8.49. The fourth-order valence-corrected chi connectivity index (χ4v) is 8.50. The van der Waals surface area contributed by atoms with E-state index in [2.05, 4.69) is 39.2 Å². The molecule has 1 aromatic carbocycles. The molecule has 5 aliphatic carbocycles. The molecule has 2 amide bonds. The van der Waals surface area contributed by atoms with Crippen LogP contribution in [0.3, 0.4) is 0 Å². The van der Waals surface area contributed by atoms with Gasteiger partial charge in [0.1, 0.15) is 0 Å². The molecule has 4 saturated carbocycles. The third-order valence-corrected chi connectivity index (χ3v) is 8.64. The van der Waals surface area contributed by atoms with Crippen LogP contribution in [0.5, 0.6) is 0 Å². The van der Waals surface area contributed by atoms with Gasteiger partial charge in [-0.05, 0) is 72.4 Å². The molecular formula is C22H27N3O3S. The fraction of sp³-hybridized carbons (Fsp3) is 0.591. The van der Waals surface area contributed by atoms with Crippen LogP contribution in [0, 0.1) is 17.8 Å². The number of carbonyl (C=O) groups is 1. The van der Waals surface area contributed by atoms with Gasteiger partial charge in [0.25, 0.3) is 0 Å². The van der Waals surface area contributed by atoms with E-state index < -0.39 is 15.6 Å². The minimum atomic E-state index is -3.24. The monoisotopic (exact) mass is 413 g/mol. The molecule has 1 aromatic rings. The van der Waals surface area contributed by atoms with Gasteiger partial charge in [0.05, 0.1) is 18.3 Å². The van der Waals surface area contributed by atoms with E-state index in [1.165, 1.54) is 16.7 Å². The second-order valence-electron chi connectivity index (χ2n) is 10.1. The second-order valence-corrected chi connectivity index (χ2v) is 11.9. The van der Waals surface area contributed by atoms with Gasteiger partial charge in [-0.15, -0.1) is 0 Å². The van der Waals surface area contributed by atoms with Gasteiger partial charge < -0.3 is 10.2 Å². The zero-order chi connectivity index (χ0) is 20.0. The van der Waals surface area contributed by atoms with Gasteiger partial charge in [0.2, 0.25) is 10.0 Å². The summed E-state index contributed by atoms with van der Waals surface area (Å²) in [5.74, 6) is 1.33. The van der Waals surface area contributed by atoms with E-state index in [-0.39, 0.29) is 17.6 Å². The molecule has 4 bridgehead atoms. The number of hydrogen-bond donors (Lipinski definition) is 2. The van der Waals surface area contributed by atoms with Crippen LogP contribution in [0.15, 0.2) is 24.3 Å². The van der Waals surface area contributed by atoms with Crippen molar-refractivity contribution < 1.29 is 13.2 Å². The average molecular weight is 414 g/mol. The van der Waals surface area contributed by atoms with Crippen molar-refractivity contribution in [3.63, 3.8) is 0 Å². The Morgan fingerprint density at radius 2 is 1.69 bits per heavy atom. The SMILES string of the molecule is CS(=O)(=O)NC12CC3CC(C1)C(N1CC4(C=c5ccccc5=C4)NC1=O)C(C3)C2. The largest absolute Gasteiger partial charge is 0.324 e. The molecule has 1 aliphatic heterocycles. The zero-order valence-corrected chi connectivity index (χ0v) is 17.4. The molecule has 29 heavy (non-hydrogen) atoms. The summed E-state index contributed by atoms with van der Waals surface area (Å²) >= 11 is 0. The lowest BCUT2D eigenvalue weighted by Gasteiger charge is -2.61. The second kappa shape index (κ2) is 5.64. The lowest BCUT2D eigenvalue weighted by atomic mass is 9.51. The van der Waals surface area contributed by atoms with Crippen molar-refractivity contribution in [2.24, 2.45) is 17.8 Å². The Labute approximate surface area is 171 Å². The maximum atomic E-state index is 13.1. The van der Waals surface area contributed by atoms with Crippen molar-refractivity contribution in [2.45, 2.75) is 49.2 Å². The first kappa shape index (κ1) is 18.0. The van der Waals surface area contributed by atoms with E-state index in [0.29, 0.717) is 24.3 Å². The van der Waals surface area contributed by atoms with E-state index in [9.17, 15) is 13.2 Å². The molecular weight excluding hydrogens is 386 g/mol. The predicted octanol–water partition coefficient (Wildman–Crippen LogP) is 0.522. The van der Waals surface area contributed by atoms with Crippen molar-refractivity contribution in [3.05, 3.63) is 34.7 Å².